The van der Waals surface area contributed by atoms with Crippen LogP contribution in [-0.2, 0) is 4.79 Å². The van der Waals surface area contributed by atoms with Crippen molar-refractivity contribution >= 4 is 29.5 Å². The molecule has 1 aromatic carbocycles. The van der Waals surface area contributed by atoms with Crippen LogP contribution in [0.3, 0.4) is 0 Å². The Morgan fingerprint density at radius 3 is 2.50 bits per heavy atom. The molecule has 0 aliphatic carbocycles. The highest BCUT2D eigenvalue weighted by Crippen LogP contribution is 2.19. The van der Waals surface area contributed by atoms with E-state index >= 15 is 0 Å². The first kappa shape index (κ1) is 15.7. The first-order valence-corrected chi connectivity index (χ1v) is 7.27. The summed E-state index contributed by atoms with van der Waals surface area (Å²) in [5.41, 5.74) is 0.402. The summed E-state index contributed by atoms with van der Waals surface area (Å²) in [6.45, 7) is 0. The number of carbonyl (C=O) groups excluding carboxylic acids is 2. The largest absolute Gasteiger partial charge is 0.478 e. The van der Waals surface area contributed by atoms with Gasteiger partial charge in [-0.15, -0.1) is 0 Å². The third kappa shape index (κ3) is 4.16. The zero-order chi connectivity index (χ0) is 15.9. The van der Waals surface area contributed by atoms with Gasteiger partial charge in [-0.25, -0.2) is 9.78 Å². The number of hydrogen-bond donors (Lipinski definition) is 2. The lowest BCUT2D eigenvalue weighted by molar-refractivity contribution is -0.117. The van der Waals surface area contributed by atoms with E-state index < -0.39 is 17.8 Å². The number of amides is 2. The molecule has 2 rings (SSSR count). The third-order valence-electron chi connectivity index (χ3n) is 2.63. The molecule has 1 heterocycles. The van der Waals surface area contributed by atoms with Gasteiger partial charge in [-0.05, 0) is 24.3 Å². The van der Waals surface area contributed by atoms with Gasteiger partial charge in [-0.3, -0.25) is 14.9 Å². The van der Waals surface area contributed by atoms with E-state index in [1.54, 1.807) is 30.3 Å². The van der Waals surface area contributed by atoms with Gasteiger partial charge in [0, 0.05) is 11.8 Å². The van der Waals surface area contributed by atoms with Crippen LogP contribution in [0.4, 0.5) is 0 Å². The summed E-state index contributed by atoms with van der Waals surface area (Å²) < 4.78 is 0. The van der Waals surface area contributed by atoms with Gasteiger partial charge < -0.3 is 5.11 Å². The number of aromatic carboxylic acids is 1. The van der Waals surface area contributed by atoms with Gasteiger partial charge in [-0.2, -0.15) is 0 Å². The lowest BCUT2D eigenvalue weighted by Crippen LogP contribution is -2.31. The maximum Gasteiger partial charge on any atom is 0.338 e. The smallest absolute Gasteiger partial charge is 0.338 e. The van der Waals surface area contributed by atoms with E-state index in [2.05, 4.69) is 10.3 Å². The highest BCUT2D eigenvalue weighted by molar-refractivity contribution is 8.00. The van der Waals surface area contributed by atoms with E-state index in [0.29, 0.717) is 5.56 Å². The van der Waals surface area contributed by atoms with Crippen molar-refractivity contribution in [2.24, 2.45) is 0 Å². The monoisotopic (exact) mass is 316 g/mol. The molecule has 0 bridgehead atoms. The van der Waals surface area contributed by atoms with Crippen LogP contribution in [0.1, 0.15) is 20.7 Å². The van der Waals surface area contributed by atoms with Crippen molar-refractivity contribution in [2.45, 2.75) is 5.03 Å². The third-order valence-corrected chi connectivity index (χ3v) is 3.64. The van der Waals surface area contributed by atoms with Crippen LogP contribution in [0.15, 0.2) is 53.7 Å². The molecule has 0 spiro atoms. The highest BCUT2D eigenvalue weighted by atomic mass is 32.2. The molecule has 0 unspecified atom stereocenters. The second-order valence-electron chi connectivity index (χ2n) is 4.19. The molecule has 2 aromatic rings. The van der Waals surface area contributed by atoms with Gasteiger partial charge in [0.15, 0.2) is 0 Å². The molecule has 0 saturated heterocycles. The molecule has 112 valence electrons. The van der Waals surface area contributed by atoms with Crippen molar-refractivity contribution in [3.63, 3.8) is 0 Å². The molecule has 7 heteroatoms. The van der Waals surface area contributed by atoms with Crippen LogP contribution in [-0.4, -0.2) is 33.6 Å². The minimum absolute atomic E-state index is 0.0229. The highest BCUT2D eigenvalue weighted by Gasteiger charge is 2.14. The van der Waals surface area contributed by atoms with E-state index in [1.807, 2.05) is 0 Å². The average Bonchev–Trinajstić information content (AvgIpc) is 2.54. The number of carbonyl (C=O) groups is 3. The van der Waals surface area contributed by atoms with Crippen LogP contribution in [0.2, 0.25) is 0 Å². The van der Waals surface area contributed by atoms with Gasteiger partial charge in [0.05, 0.1) is 11.3 Å². The van der Waals surface area contributed by atoms with E-state index in [9.17, 15) is 14.4 Å². The second-order valence-corrected chi connectivity index (χ2v) is 5.16. The minimum atomic E-state index is -1.11. The number of thioether (sulfide) groups is 1. The van der Waals surface area contributed by atoms with Crippen molar-refractivity contribution in [1.29, 1.82) is 0 Å². The Hall–Kier alpha value is -2.67. The van der Waals surface area contributed by atoms with Crippen LogP contribution >= 0.6 is 11.8 Å². The molecule has 0 aliphatic rings. The van der Waals surface area contributed by atoms with Crippen LogP contribution in [0, 0.1) is 0 Å². The quantitative estimate of drug-likeness (QED) is 0.817. The predicted octanol–water partition coefficient (Wildman–Crippen LogP) is 1.83. The summed E-state index contributed by atoms with van der Waals surface area (Å²) in [4.78, 5) is 38.5. The normalized spacial score (nSPS) is 10.0. The van der Waals surface area contributed by atoms with Gasteiger partial charge in [0.1, 0.15) is 5.03 Å². The summed E-state index contributed by atoms with van der Waals surface area (Å²) in [6.07, 6.45) is 1.45. The number of benzene rings is 1. The summed E-state index contributed by atoms with van der Waals surface area (Å²) in [5.74, 6) is -2.22. The number of nitrogens with one attached hydrogen (secondary N) is 1. The fourth-order valence-corrected chi connectivity index (χ4v) is 2.41. The molecule has 22 heavy (non-hydrogen) atoms. The second kappa shape index (κ2) is 7.37. The van der Waals surface area contributed by atoms with Crippen molar-refractivity contribution in [3.05, 3.63) is 59.8 Å². The van der Waals surface area contributed by atoms with E-state index in [-0.39, 0.29) is 16.3 Å². The van der Waals surface area contributed by atoms with Crippen LogP contribution in [0.5, 0.6) is 0 Å². The number of nitrogens with zero attached hydrogens (tertiary/aromatic N) is 1. The molecular weight excluding hydrogens is 304 g/mol. The Kier molecular flexibility index (Phi) is 5.26. The Labute approximate surface area is 130 Å². The number of hydrogen-bond acceptors (Lipinski definition) is 5. The van der Waals surface area contributed by atoms with E-state index in [4.69, 9.17) is 5.11 Å². The predicted molar refractivity (Wildman–Crippen MR) is 80.8 cm³/mol. The Morgan fingerprint density at radius 1 is 1.09 bits per heavy atom. The minimum Gasteiger partial charge on any atom is -0.478 e. The van der Waals surface area contributed by atoms with Gasteiger partial charge in [0.25, 0.3) is 5.91 Å². The Bertz CT molecular complexity index is 704. The van der Waals surface area contributed by atoms with E-state index in [1.165, 1.54) is 18.3 Å². The van der Waals surface area contributed by atoms with Crippen molar-refractivity contribution < 1.29 is 19.5 Å². The maximum atomic E-state index is 11.8. The Morgan fingerprint density at radius 2 is 1.82 bits per heavy atom. The standard InChI is InChI=1S/C15H12N2O4S/c18-12(17-13(19)10-5-2-1-3-6-10)9-22-14-11(15(20)21)7-4-8-16-14/h1-8H,9H2,(H,20,21)(H,17,18,19). The zero-order valence-corrected chi connectivity index (χ0v) is 12.2. The van der Waals surface area contributed by atoms with Crippen molar-refractivity contribution in [1.82, 2.24) is 10.3 Å². The number of rotatable bonds is 5. The maximum absolute atomic E-state index is 11.8. The SMILES string of the molecule is O=C(CSc1ncccc1C(=O)O)NC(=O)c1ccccc1. The number of pyridine rings is 1. The van der Waals surface area contributed by atoms with Crippen molar-refractivity contribution in [2.75, 3.05) is 5.75 Å². The molecule has 0 saturated carbocycles. The van der Waals surface area contributed by atoms with E-state index in [0.717, 1.165) is 11.8 Å². The van der Waals surface area contributed by atoms with Gasteiger partial charge in [-0.1, -0.05) is 30.0 Å². The van der Waals surface area contributed by atoms with Gasteiger partial charge >= 0.3 is 5.97 Å². The summed E-state index contributed by atoms with van der Waals surface area (Å²) in [7, 11) is 0. The molecule has 0 atom stereocenters. The number of carboxylic acid groups (broad SMARTS) is 1. The van der Waals surface area contributed by atoms with Crippen molar-refractivity contribution in [3.8, 4) is 0 Å². The molecule has 0 aliphatic heterocycles. The summed E-state index contributed by atoms with van der Waals surface area (Å²) in [5, 5.41) is 11.5. The zero-order valence-electron chi connectivity index (χ0n) is 11.4. The average molecular weight is 316 g/mol. The molecule has 2 amide bonds. The molecule has 0 fully saturated rings. The fraction of sp³-hybridized carbons (Fsp3) is 0.0667. The Balaban J connectivity index is 1.94. The topological polar surface area (TPSA) is 96.4 Å². The molecular formula is C15H12N2O4S. The number of imide groups is 1. The molecule has 0 radical (unpaired) electrons. The van der Waals surface area contributed by atoms with Gasteiger partial charge in [0.2, 0.25) is 5.91 Å². The molecule has 2 N–H and O–H groups in total. The van der Waals surface area contributed by atoms with Crippen LogP contribution in [0.25, 0.3) is 0 Å². The summed E-state index contributed by atoms with van der Waals surface area (Å²) in [6, 6.07) is 11.3. The fourth-order valence-electron chi connectivity index (χ4n) is 1.63. The number of carboxylic acids is 1. The lowest BCUT2D eigenvalue weighted by Gasteiger charge is -2.05. The summed E-state index contributed by atoms with van der Waals surface area (Å²) >= 11 is 0.964. The molecule has 1 aromatic heterocycles. The number of aromatic nitrogens is 1. The first-order chi connectivity index (χ1) is 10.6. The molecule has 6 nitrogen and oxygen atoms in total. The lowest BCUT2D eigenvalue weighted by atomic mass is 10.2. The van der Waals surface area contributed by atoms with Crippen LogP contribution < -0.4 is 5.32 Å². The first-order valence-electron chi connectivity index (χ1n) is 6.28.